The normalized spacial score (nSPS) is 16.6. The molecule has 7 heteroatoms. The second kappa shape index (κ2) is 11.0. The second-order valence-electron chi connectivity index (χ2n) is 8.25. The first kappa shape index (κ1) is 22.2. The van der Waals surface area contributed by atoms with Crippen LogP contribution >= 0.6 is 0 Å². The molecule has 1 aliphatic heterocycles. The van der Waals surface area contributed by atoms with Gasteiger partial charge in [0.25, 0.3) is 0 Å². The minimum atomic E-state index is -0.224. The van der Waals surface area contributed by atoms with Gasteiger partial charge in [-0.2, -0.15) is 0 Å². The van der Waals surface area contributed by atoms with Crippen molar-refractivity contribution < 1.29 is 4.79 Å². The summed E-state index contributed by atoms with van der Waals surface area (Å²) in [6, 6.07) is 10.7. The van der Waals surface area contributed by atoms with Gasteiger partial charge in [-0.1, -0.05) is 30.3 Å². The molecule has 0 unspecified atom stereocenters. The highest BCUT2D eigenvalue weighted by molar-refractivity contribution is 5.86. The summed E-state index contributed by atoms with van der Waals surface area (Å²) in [4.78, 5) is 21.1. The number of carbonyl (C=O) groups excluding carboxylic acids is 1. The lowest BCUT2D eigenvalue weighted by molar-refractivity contribution is -0.121. The van der Waals surface area contributed by atoms with Crippen LogP contribution in [0.4, 0.5) is 0 Å². The molecule has 2 rings (SSSR count). The van der Waals surface area contributed by atoms with Gasteiger partial charge in [0.15, 0.2) is 5.96 Å². The van der Waals surface area contributed by atoms with Crippen LogP contribution < -0.4 is 16.0 Å². The SMILES string of the molecule is CN=C(NCCN1CCN(Cc2ccccc2)CC1)NCC(=O)NC(C)(C)C. The van der Waals surface area contributed by atoms with Gasteiger partial charge in [-0.3, -0.25) is 19.6 Å². The number of hydrogen-bond acceptors (Lipinski definition) is 4. The molecule has 156 valence electrons. The van der Waals surface area contributed by atoms with Gasteiger partial charge >= 0.3 is 0 Å². The van der Waals surface area contributed by atoms with Crippen molar-refractivity contribution in [3.63, 3.8) is 0 Å². The van der Waals surface area contributed by atoms with Crippen molar-refractivity contribution in [2.75, 3.05) is 52.9 Å². The third-order valence-electron chi connectivity index (χ3n) is 4.59. The van der Waals surface area contributed by atoms with Gasteiger partial charge in [-0.05, 0) is 26.3 Å². The summed E-state index contributed by atoms with van der Waals surface area (Å²) in [5.41, 5.74) is 1.15. The van der Waals surface area contributed by atoms with Crippen LogP contribution in [0, 0.1) is 0 Å². The quantitative estimate of drug-likeness (QED) is 0.478. The van der Waals surface area contributed by atoms with Crippen LogP contribution in [0.5, 0.6) is 0 Å². The Kier molecular flexibility index (Phi) is 8.73. The van der Waals surface area contributed by atoms with E-state index in [1.165, 1.54) is 5.56 Å². The van der Waals surface area contributed by atoms with E-state index < -0.39 is 0 Å². The molecular weight excluding hydrogens is 352 g/mol. The number of rotatable bonds is 7. The van der Waals surface area contributed by atoms with Crippen LogP contribution in [0.15, 0.2) is 35.3 Å². The van der Waals surface area contributed by atoms with E-state index in [2.05, 4.69) is 61.1 Å². The van der Waals surface area contributed by atoms with Gasteiger partial charge in [0, 0.05) is 58.4 Å². The number of carbonyl (C=O) groups is 1. The Morgan fingerprint density at radius 2 is 1.68 bits per heavy atom. The summed E-state index contributed by atoms with van der Waals surface area (Å²) in [5, 5.41) is 9.28. The maximum atomic E-state index is 11.9. The molecule has 0 aromatic heterocycles. The van der Waals surface area contributed by atoms with Crippen LogP contribution in [0.1, 0.15) is 26.3 Å². The topological polar surface area (TPSA) is 72.0 Å². The number of guanidine groups is 1. The van der Waals surface area contributed by atoms with Crippen molar-refractivity contribution in [2.45, 2.75) is 32.9 Å². The molecule has 1 heterocycles. The lowest BCUT2D eigenvalue weighted by atomic mass is 10.1. The van der Waals surface area contributed by atoms with E-state index in [9.17, 15) is 4.79 Å². The first-order valence-electron chi connectivity index (χ1n) is 10.1. The summed E-state index contributed by atoms with van der Waals surface area (Å²) in [6.07, 6.45) is 0. The summed E-state index contributed by atoms with van der Waals surface area (Å²) in [6.45, 7) is 13.3. The average molecular weight is 389 g/mol. The molecule has 1 aromatic carbocycles. The molecule has 0 atom stereocenters. The van der Waals surface area contributed by atoms with Gasteiger partial charge in [0.2, 0.25) is 5.91 Å². The summed E-state index contributed by atoms with van der Waals surface area (Å²) in [7, 11) is 1.72. The highest BCUT2D eigenvalue weighted by atomic mass is 16.2. The van der Waals surface area contributed by atoms with Crippen LogP contribution in [-0.2, 0) is 11.3 Å². The number of aliphatic imine (C=N–C) groups is 1. The largest absolute Gasteiger partial charge is 0.355 e. The third kappa shape index (κ3) is 8.71. The fourth-order valence-corrected chi connectivity index (χ4v) is 3.19. The van der Waals surface area contributed by atoms with Gasteiger partial charge in [-0.15, -0.1) is 0 Å². The summed E-state index contributed by atoms with van der Waals surface area (Å²) < 4.78 is 0. The molecule has 1 saturated heterocycles. The number of piperazine rings is 1. The monoisotopic (exact) mass is 388 g/mol. The Balaban J connectivity index is 1.60. The Morgan fingerprint density at radius 1 is 1.04 bits per heavy atom. The fourth-order valence-electron chi connectivity index (χ4n) is 3.19. The molecule has 0 bridgehead atoms. The zero-order valence-corrected chi connectivity index (χ0v) is 17.8. The van der Waals surface area contributed by atoms with E-state index in [1.54, 1.807) is 7.05 Å². The fraction of sp³-hybridized carbons (Fsp3) is 0.619. The zero-order valence-electron chi connectivity index (χ0n) is 17.8. The maximum absolute atomic E-state index is 11.9. The Hall–Kier alpha value is -2.12. The van der Waals surface area contributed by atoms with Gasteiger partial charge in [0.1, 0.15) is 0 Å². The standard InChI is InChI=1S/C21H36N6O/c1-21(2,3)25-19(28)16-24-20(22-4)23-10-11-26-12-14-27(15-13-26)17-18-8-6-5-7-9-18/h5-9H,10-17H2,1-4H3,(H,25,28)(H2,22,23,24). The van der Waals surface area contributed by atoms with E-state index in [0.29, 0.717) is 5.96 Å². The Bertz CT molecular complexity index is 618. The van der Waals surface area contributed by atoms with Crippen LogP contribution in [0.25, 0.3) is 0 Å². The molecule has 28 heavy (non-hydrogen) atoms. The maximum Gasteiger partial charge on any atom is 0.239 e. The van der Waals surface area contributed by atoms with E-state index in [0.717, 1.165) is 45.8 Å². The molecule has 3 N–H and O–H groups in total. The average Bonchev–Trinajstić information content (AvgIpc) is 2.65. The van der Waals surface area contributed by atoms with Crippen LogP contribution in [0.3, 0.4) is 0 Å². The Morgan fingerprint density at radius 3 is 2.29 bits per heavy atom. The first-order chi connectivity index (χ1) is 13.4. The molecule has 1 amide bonds. The summed E-state index contributed by atoms with van der Waals surface area (Å²) >= 11 is 0. The van der Waals surface area contributed by atoms with E-state index in [4.69, 9.17) is 0 Å². The van der Waals surface area contributed by atoms with Crippen molar-refractivity contribution in [2.24, 2.45) is 4.99 Å². The van der Waals surface area contributed by atoms with Crippen molar-refractivity contribution in [1.82, 2.24) is 25.8 Å². The van der Waals surface area contributed by atoms with E-state index >= 15 is 0 Å². The Labute approximate surface area is 169 Å². The van der Waals surface area contributed by atoms with Crippen LogP contribution in [-0.4, -0.2) is 80.1 Å². The molecule has 1 aliphatic rings. The molecule has 1 aromatic rings. The molecule has 0 radical (unpaired) electrons. The predicted molar refractivity (Wildman–Crippen MR) is 115 cm³/mol. The van der Waals surface area contributed by atoms with Crippen LogP contribution in [0.2, 0.25) is 0 Å². The highest BCUT2D eigenvalue weighted by Crippen LogP contribution is 2.07. The third-order valence-corrected chi connectivity index (χ3v) is 4.59. The lowest BCUT2D eigenvalue weighted by Gasteiger charge is -2.34. The van der Waals surface area contributed by atoms with E-state index in [-0.39, 0.29) is 18.0 Å². The number of benzene rings is 1. The number of nitrogens with one attached hydrogen (secondary N) is 3. The molecule has 1 fully saturated rings. The van der Waals surface area contributed by atoms with E-state index in [1.807, 2.05) is 20.8 Å². The van der Waals surface area contributed by atoms with Gasteiger partial charge in [-0.25, -0.2) is 0 Å². The van der Waals surface area contributed by atoms with Gasteiger partial charge < -0.3 is 16.0 Å². The van der Waals surface area contributed by atoms with Crippen molar-refractivity contribution in [1.29, 1.82) is 0 Å². The minimum Gasteiger partial charge on any atom is -0.355 e. The first-order valence-corrected chi connectivity index (χ1v) is 10.1. The van der Waals surface area contributed by atoms with Crippen molar-refractivity contribution in [3.05, 3.63) is 35.9 Å². The number of nitrogens with zero attached hydrogens (tertiary/aromatic N) is 3. The van der Waals surface area contributed by atoms with Crippen molar-refractivity contribution in [3.8, 4) is 0 Å². The lowest BCUT2D eigenvalue weighted by Crippen LogP contribution is -2.50. The minimum absolute atomic E-state index is 0.0370. The molecule has 7 nitrogen and oxygen atoms in total. The summed E-state index contributed by atoms with van der Waals surface area (Å²) in [5.74, 6) is 0.622. The zero-order chi connectivity index (χ0) is 20.4. The second-order valence-corrected chi connectivity index (χ2v) is 8.25. The molecular formula is C21H36N6O. The smallest absolute Gasteiger partial charge is 0.239 e. The number of amides is 1. The van der Waals surface area contributed by atoms with Crippen molar-refractivity contribution >= 4 is 11.9 Å². The molecule has 0 aliphatic carbocycles. The molecule has 0 saturated carbocycles. The number of hydrogen-bond donors (Lipinski definition) is 3. The highest BCUT2D eigenvalue weighted by Gasteiger charge is 2.17. The predicted octanol–water partition coefficient (Wildman–Crippen LogP) is 0.884. The van der Waals surface area contributed by atoms with Gasteiger partial charge in [0.05, 0.1) is 6.54 Å². The molecule has 0 spiro atoms.